The van der Waals surface area contributed by atoms with Gasteiger partial charge in [0.1, 0.15) is 6.54 Å². The Morgan fingerprint density at radius 3 is 2.86 bits per heavy atom. The zero-order chi connectivity index (χ0) is 25.7. The minimum atomic E-state index is -0.385. The van der Waals surface area contributed by atoms with Crippen LogP contribution in [0, 0.1) is 13.8 Å². The van der Waals surface area contributed by atoms with E-state index < -0.39 is 0 Å². The smallest absolute Gasteiger partial charge is 0.327 e. The number of hydrogen-bond acceptors (Lipinski definition) is 8. The first kappa shape index (κ1) is 26.0. The van der Waals surface area contributed by atoms with Gasteiger partial charge >= 0.3 is 5.97 Å². The highest BCUT2D eigenvalue weighted by Gasteiger charge is 2.30. The molecule has 1 aliphatic rings. The number of tetrazole rings is 1. The molecule has 2 atom stereocenters. The van der Waals surface area contributed by atoms with Crippen molar-refractivity contribution in [2.45, 2.75) is 78.6 Å². The van der Waals surface area contributed by atoms with Gasteiger partial charge in [0, 0.05) is 36.2 Å². The van der Waals surface area contributed by atoms with Crippen molar-refractivity contribution in [1.29, 1.82) is 0 Å². The van der Waals surface area contributed by atoms with Crippen LogP contribution in [-0.4, -0.2) is 61.9 Å². The van der Waals surface area contributed by atoms with Gasteiger partial charge in [-0.25, -0.2) is 4.68 Å². The molecule has 1 fully saturated rings. The first-order valence-electron chi connectivity index (χ1n) is 12.8. The third-order valence-electron chi connectivity index (χ3n) is 6.67. The number of nitrogens with one attached hydrogen (secondary N) is 1. The molecule has 1 aromatic carbocycles. The van der Waals surface area contributed by atoms with Gasteiger partial charge in [0.05, 0.1) is 18.8 Å². The molecule has 36 heavy (non-hydrogen) atoms. The Kier molecular flexibility index (Phi) is 8.48. The van der Waals surface area contributed by atoms with Crippen LogP contribution in [0.25, 0.3) is 10.9 Å². The maximum atomic E-state index is 13.2. The predicted octanol–water partition coefficient (Wildman–Crippen LogP) is 3.22. The lowest BCUT2D eigenvalue weighted by Crippen LogP contribution is -2.38. The van der Waals surface area contributed by atoms with E-state index in [-0.39, 0.29) is 30.2 Å². The van der Waals surface area contributed by atoms with Crippen molar-refractivity contribution in [3.63, 3.8) is 0 Å². The Morgan fingerprint density at radius 1 is 1.31 bits per heavy atom. The molecular weight excluding hydrogens is 460 g/mol. The standard InChI is InChI=1S/C26H36N6O4/c1-5-8-23(25-28-29-30-32(25)16-24(33)35-6-2)31(15-20-9-7-10-36-20)14-19-13-21-18(4)11-17(3)12-22(21)27-26(19)34/h11-13,20,23H,5-10,14-16H2,1-4H3,(H,27,34)/t20-,23-/m1/s1. The molecule has 0 saturated carbocycles. The van der Waals surface area contributed by atoms with E-state index in [1.807, 2.05) is 19.1 Å². The summed E-state index contributed by atoms with van der Waals surface area (Å²) in [4.78, 5) is 30.7. The molecule has 0 spiro atoms. The minimum absolute atomic E-state index is 0.0563. The lowest BCUT2D eigenvalue weighted by atomic mass is 10.0. The van der Waals surface area contributed by atoms with Crippen molar-refractivity contribution in [1.82, 2.24) is 30.1 Å². The quantitative estimate of drug-likeness (QED) is 0.403. The van der Waals surface area contributed by atoms with Gasteiger partial charge in [0.15, 0.2) is 5.82 Å². The summed E-state index contributed by atoms with van der Waals surface area (Å²) in [6.07, 6.45) is 3.70. The van der Waals surface area contributed by atoms with Crippen LogP contribution in [0.4, 0.5) is 0 Å². The first-order valence-corrected chi connectivity index (χ1v) is 12.8. The number of aryl methyl sites for hydroxylation is 2. The van der Waals surface area contributed by atoms with Crippen molar-refractivity contribution in [3.05, 3.63) is 51.1 Å². The largest absolute Gasteiger partial charge is 0.465 e. The maximum absolute atomic E-state index is 13.2. The number of esters is 1. The Morgan fingerprint density at radius 2 is 2.14 bits per heavy atom. The van der Waals surface area contributed by atoms with Gasteiger partial charge in [-0.15, -0.1) is 5.10 Å². The van der Waals surface area contributed by atoms with Gasteiger partial charge in [-0.1, -0.05) is 19.4 Å². The maximum Gasteiger partial charge on any atom is 0.327 e. The van der Waals surface area contributed by atoms with Crippen LogP contribution in [-0.2, 0) is 27.4 Å². The summed E-state index contributed by atoms with van der Waals surface area (Å²) in [5.41, 5.74) is 3.65. The lowest BCUT2D eigenvalue weighted by Gasteiger charge is -2.32. The Labute approximate surface area is 211 Å². The summed E-state index contributed by atoms with van der Waals surface area (Å²) >= 11 is 0. The van der Waals surface area contributed by atoms with Crippen LogP contribution < -0.4 is 5.56 Å². The molecule has 3 heterocycles. The van der Waals surface area contributed by atoms with Crippen molar-refractivity contribution in [3.8, 4) is 0 Å². The molecule has 10 heteroatoms. The fourth-order valence-corrected chi connectivity index (χ4v) is 5.04. The van der Waals surface area contributed by atoms with E-state index in [0.717, 1.165) is 54.3 Å². The van der Waals surface area contributed by atoms with E-state index >= 15 is 0 Å². The van der Waals surface area contributed by atoms with Crippen LogP contribution in [0.3, 0.4) is 0 Å². The number of carbonyl (C=O) groups excluding carboxylic acids is 1. The molecule has 0 aliphatic carbocycles. The van der Waals surface area contributed by atoms with E-state index in [0.29, 0.717) is 31.1 Å². The number of aromatic nitrogens is 5. The third kappa shape index (κ3) is 5.99. The SMILES string of the molecule is CCC[C@H](c1nnnn1CC(=O)OCC)N(Cc1cc2c(C)cc(C)cc2[nH]c1=O)C[C@H]1CCCO1. The van der Waals surface area contributed by atoms with E-state index in [1.54, 1.807) is 6.92 Å². The number of carbonyl (C=O) groups is 1. The van der Waals surface area contributed by atoms with E-state index in [2.05, 4.69) is 45.3 Å². The van der Waals surface area contributed by atoms with Crippen molar-refractivity contribution >= 4 is 16.9 Å². The number of H-pyrrole nitrogens is 1. The molecule has 1 saturated heterocycles. The van der Waals surface area contributed by atoms with E-state index in [4.69, 9.17) is 9.47 Å². The van der Waals surface area contributed by atoms with Crippen LogP contribution in [0.1, 0.15) is 68.1 Å². The molecule has 0 unspecified atom stereocenters. The second-order valence-electron chi connectivity index (χ2n) is 9.54. The highest BCUT2D eigenvalue weighted by Crippen LogP contribution is 2.28. The average Bonchev–Trinajstić information content (AvgIpc) is 3.50. The van der Waals surface area contributed by atoms with Gasteiger partial charge < -0.3 is 14.5 Å². The number of nitrogens with zero attached hydrogens (tertiary/aromatic N) is 5. The molecule has 0 radical (unpaired) electrons. The highest BCUT2D eigenvalue weighted by molar-refractivity contribution is 5.83. The van der Waals surface area contributed by atoms with E-state index in [1.165, 1.54) is 4.68 Å². The Bertz CT molecular complexity index is 1250. The first-order chi connectivity index (χ1) is 17.4. The summed E-state index contributed by atoms with van der Waals surface area (Å²) in [7, 11) is 0. The topological polar surface area (TPSA) is 115 Å². The molecule has 0 amide bonds. The zero-order valence-electron chi connectivity index (χ0n) is 21.6. The number of aromatic amines is 1. The summed E-state index contributed by atoms with van der Waals surface area (Å²) in [5, 5.41) is 13.3. The molecule has 0 bridgehead atoms. The highest BCUT2D eigenvalue weighted by atomic mass is 16.5. The van der Waals surface area contributed by atoms with Crippen molar-refractivity contribution in [2.24, 2.45) is 0 Å². The Balaban J connectivity index is 1.71. The fourth-order valence-electron chi connectivity index (χ4n) is 5.04. The second-order valence-corrected chi connectivity index (χ2v) is 9.54. The number of benzene rings is 1. The number of rotatable bonds is 11. The van der Waals surface area contributed by atoms with Crippen LogP contribution >= 0.6 is 0 Å². The number of pyridine rings is 1. The number of fused-ring (bicyclic) bond motifs is 1. The van der Waals surface area contributed by atoms with Crippen LogP contribution in [0.5, 0.6) is 0 Å². The molecule has 2 aromatic heterocycles. The monoisotopic (exact) mass is 496 g/mol. The Hall–Kier alpha value is -3.11. The minimum Gasteiger partial charge on any atom is -0.465 e. The van der Waals surface area contributed by atoms with Crippen molar-refractivity contribution in [2.75, 3.05) is 19.8 Å². The van der Waals surface area contributed by atoms with E-state index in [9.17, 15) is 9.59 Å². The molecule has 194 valence electrons. The van der Waals surface area contributed by atoms with Gasteiger partial charge in [0.2, 0.25) is 0 Å². The zero-order valence-corrected chi connectivity index (χ0v) is 21.6. The number of hydrogen-bond donors (Lipinski definition) is 1. The summed E-state index contributed by atoms with van der Waals surface area (Å²) in [5.74, 6) is 0.204. The number of ether oxygens (including phenoxy) is 2. The van der Waals surface area contributed by atoms with Crippen LogP contribution in [0.2, 0.25) is 0 Å². The fraction of sp³-hybridized carbons (Fsp3) is 0.577. The second kappa shape index (κ2) is 11.7. The van der Waals surface area contributed by atoms with Crippen LogP contribution in [0.15, 0.2) is 23.0 Å². The summed E-state index contributed by atoms with van der Waals surface area (Å²) < 4.78 is 12.6. The molecule has 10 nitrogen and oxygen atoms in total. The summed E-state index contributed by atoms with van der Waals surface area (Å²) in [6, 6.07) is 5.92. The third-order valence-corrected chi connectivity index (χ3v) is 6.67. The normalized spacial score (nSPS) is 16.6. The van der Waals surface area contributed by atoms with Gasteiger partial charge in [-0.05, 0) is 73.7 Å². The molecule has 1 N–H and O–H groups in total. The average molecular weight is 497 g/mol. The summed E-state index contributed by atoms with van der Waals surface area (Å²) in [6.45, 7) is 9.99. The molecule has 4 rings (SSSR count). The molecule has 3 aromatic rings. The van der Waals surface area contributed by atoms with Crippen molar-refractivity contribution < 1.29 is 14.3 Å². The van der Waals surface area contributed by atoms with Gasteiger partial charge in [0.25, 0.3) is 5.56 Å². The molecule has 1 aliphatic heterocycles. The molecular formula is C26H36N6O4. The van der Waals surface area contributed by atoms with Gasteiger partial charge in [-0.3, -0.25) is 14.5 Å². The predicted molar refractivity (Wildman–Crippen MR) is 136 cm³/mol. The van der Waals surface area contributed by atoms with Gasteiger partial charge in [-0.2, -0.15) is 0 Å². The lowest BCUT2D eigenvalue weighted by molar-refractivity contribution is -0.144.